The van der Waals surface area contributed by atoms with Crippen LogP contribution in [0.1, 0.15) is 28.5 Å². The van der Waals surface area contributed by atoms with E-state index in [-0.39, 0.29) is 5.91 Å². The number of aryl methyl sites for hydroxylation is 2. The number of anilines is 1. The summed E-state index contributed by atoms with van der Waals surface area (Å²) in [5.74, 6) is 0.624. The maximum absolute atomic E-state index is 12.8. The van der Waals surface area contributed by atoms with E-state index in [4.69, 9.17) is 4.74 Å². The summed E-state index contributed by atoms with van der Waals surface area (Å²) in [7, 11) is 1.62. The number of aromatic nitrogens is 1. The van der Waals surface area contributed by atoms with Crippen molar-refractivity contribution in [3.05, 3.63) is 65.4 Å². The van der Waals surface area contributed by atoms with Crippen molar-refractivity contribution in [1.29, 1.82) is 0 Å². The molecule has 0 aliphatic carbocycles. The van der Waals surface area contributed by atoms with Gasteiger partial charge >= 0.3 is 0 Å². The molecule has 0 radical (unpaired) electrons. The molecule has 1 aromatic heterocycles. The molecule has 1 heterocycles. The van der Waals surface area contributed by atoms with Crippen molar-refractivity contribution >= 4 is 22.5 Å². The van der Waals surface area contributed by atoms with E-state index in [0.29, 0.717) is 12.0 Å². The van der Waals surface area contributed by atoms with Crippen molar-refractivity contribution < 1.29 is 9.53 Å². The highest BCUT2D eigenvalue weighted by Gasteiger charge is 2.17. The molecule has 3 rings (SSSR count). The number of fused-ring (bicyclic) bond motifs is 1. The lowest BCUT2D eigenvalue weighted by molar-refractivity contribution is 0.102. The lowest BCUT2D eigenvalue weighted by Gasteiger charge is -2.14. The van der Waals surface area contributed by atoms with Gasteiger partial charge in [-0.15, -0.1) is 0 Å². The Morgan fingerprint density at radius 1 is 1.12 bits per heavy atom. The van der Waals surface area contributed by atoms with Gasteiger partial charge in [-0.1, -0.05) is 25.1 Å². The number of methoxy groups -OCH3 is 1. The zero-order chi connectivity index (χ0) is 17.1. The normalized spacial score (nSPS) is 10.6. The average molecular weight is 320 g/mol. The lowest BCUT2D eigenvalue weighted by Crippen LogP contribution is -2.17. The summed E-state index contributed by atoms with van der Waals surface area (Å²) >= 11 is 0. The number of ether oxygens (including phenoxy) is 1. The first-order chi connectivity index (χ1) is 11.6. The van der Waals surface area contributed by atoms with E-state index in [9.17, 15) is 4.79 Å². The van der Waals surface area contributed by atoms with Gasteiger partial charge in [0.15, 0.2) is 0 Å². The number of para-hydroxylation sites is 1. The quantitative estimate of drug-likeness (QED) is 0.777. The Kier molecular flexibility index (Phi) is 4.47. The summed E-state index contributed by atoms with van der Waals surface area (Å²) in [4.78, 5) is 17.5. The molecule has 4 heteroatoms. The molecule has 0 aliphatic heterocycles. The van der Waals surface area contributed by atoms with Crippen LogP contribution in [-0.2, 0) is 6.42 Å². The standard InChI is InChI=1S/C20H20N2O2/c1-4-17-19(13(2)16-7-5-6-8-18(16)22-17)20(23)21-14-9-11-15(24-3)12-10-14/h5-12H,4H2,1-3H3,(H,21,23). The third-order valence-corrected chi connectivity index (χ3v) is 4.14. The van der Waals surface area contributed by atoms with E-state index >= 15 is 0 Å². The molecule has 0 spiro atoms. The van der Waals surface area contributed by atoms with Crippen molar-refractivity contribution in [2.24, 2.45) is 0 Å². The summed E-state index contributed by atoms with van der Waals surface area (Å²) in [5.41, 5.74) is 4.09. The van der Waals surface area contributed by atoms with Gasteiger partial charge in [0.25, 0.3) is 5.91 Å². The molecule has 1 N–H and O–H groups in total. The first-order valence-corrected chi connectivity index (χ1v) is 7.97. The fourth-order valence-corrected chi connectivity index (χ4v) is 2.87. The van der Waals surface area contributed by atoms with Crippen LogP contribution in [0, 0.1) is 6.92 Å². The molecule has 1 amide bonds. The Labute approximate surface area is 141 Å². The maximum Gasteiger partial charge on any atom is 0.257 e. The molecule has 0 aliphatic rings. The fraction of sp³-hybridized carbons (Fsp3) is 0.200. The van der Waals surface area contributed by atoms with Crippen LogP contribution in [0.5, 0.6) is 5.75 Å². The van der Waals surface area contributed by atoms with Crippen LogP contribution in [0.4, 0.5) is 5.69 Å². The third-order valence-electron chi connectivity index (χ3n) is 4.14. The number of hydrogen-bond acceptors (Lipinski definition) is 3. The van der Waals surface area contributed by atoms with Crippen LogP contribution in [0.15, 0.2) is 48.5 Å². The summed E-state index contributed by atoms with van der Waals surface area (Å²) < 4.78 is 5.14. The van der Waals surface area contributed by atoms with Crippen LogP contribution in [0.3, 0.4) is 0 Å². The van der Waals surface area contributed by atoms with Gasteiger partial charge in [-0.3, -0.25) is 9.78 Å². The van der Waals surface area contributed by atoms with Crippen molar-refractivity contribution in [2.75, 3.05) is 12.4 Å². The van der Waals surface area contributed by atoms with Crippen molar-refractivity contribution in [3.8, 4) is 5.75 Å². The number of rotatable bonds is 4. The predicted molar refractivity (Wildman–Crippen MR) is 96.8 cm³/mol. The van der Waals surface area contributed by atoms with Crippen molar-refractivity contribution in [3.63, 3.8) is 0 Å². The molecule has 4 nitrogen and oxygen atoms in total. The van der Waals surface area contributed by atoms with Gasteiger partial charge in [0, 0.05) is 11.1 Å². The molecule has 122 valence electrons. The smallest absolute Gasteiger partial charge is 0.257 e. The Balaban J connectivity index is 2.00. The summed E-state index contributed by atoms with van der Waals surface area (Å²) in [6.07, 6.45) is 0.705. The van der Waals surface area contributed by atoms with Crippen LogP contribution in [-0.4, -0.2) is 18.0 Å². The first kappa shape index (κ1) is 16.0. The molecular weight excluding hydrogens is 300 g/mol. The minimum Gasteiger partial charge on any atom is -0.497 e. The van der Waals surface area contributed by atoms with Gasteiger partial charge in [0.2, 0.25) is 0 Å². The molecule has 2 aromatic carbocycles. The van der Waals surface area contributed by atoms with Crippen LogP contribution in [0.2, 0.25) is 0 Å². The van der Waals surface area contributed by atoms with E-state index in [1.54, 1.807) is 7.11 Å². The van der Waals surface area contributed by atoms with Crippen molar-refractivity contribution in [1.82, 2.24) is 4.98 Å². The number of carbonyl (C=O) groups is 1. The second-order valence-electron chi connectivity index (χ2n) is 5.61. The van der Waals surface area contributed by atoms with Gasteiger partial charge in [0.1, 0.15) is 5.75 Å². The van der Waals surface area contributed by atoms with Gasteiger partial charge in [-0.25, -0.2) is 0 Å². The SMILES string of the molecule is CCc1nc2ccccc2c(C)c1C(=O)Nc1ccc(OC)cc1. The lowest BCUT2D eigenvalue weighted by atomic mass is 9.99. The monoisotopic (exact) mass is 320 g/mol. The van der Waals surface area contributed by atoms with Crippen molar-refractivity contribution in [2.45, 2.75) is 20.3 Å². The highest BCUT2D eigenvalue weighted by molar-refractivity contribution is 6.08. The third kappa shape index (κ3) is 2.95. The average Bonchev–Trinajstić information content (AvgIpc) is 2.62. The number of pyridine rings is 1. The number of carbonyl (C=O) groups excluding carboxylic acids is 1. The molecule has 0 saturated carbocycles. The van der Waals surface area contributed by atoms with Crippen LogP contribution >= 0.6 is 0 Å². The minimum atomic E-state index is -0.132. The second-order valence-corrected chi connectivity index (χ2v) is 5.61. The molecule has 3 aromatic rings. The Hall–Kier alpha value is -2.88. The largest absolute Gasteiger partial charge is 0.497 e. The number of nitrogens with one attached hydrogen (secondary N) is 1. The predicted octanol–water partition coefficient (Wildman–Crippen LogP) is 4.37. The van der Waals surface area contributed by atoms with E-state index in [1.165, 1.54) is 0 Å². The van der Waals surface area contributed by atoms with Crippen LogP contribution < -0.4 is 10.1 Å². The van der Waals surface area contributed by atoms with Gasteiger partial charge < -0.3 is 10.1 Å². The van der Waals surface area contributed by atoms with Gasteiger partial charge in [0.05, 0.1) is 23.9 Å². The number of nitrogens with zero attached hydrogens (tertiary/aromatic N) is 1. The first-order valence-electron chi connectivity index (χ1n) is 7.97. The summed E-state index contributed by atoms with van der Waals surface area (Å²) in [5, 5.41) is 3.96. The molecule has 24 heavy (non-hydrogen) atoms. The Morgan fingerprint density at radius 3 is 2.50 bits per heavy atom. The Morgan fingerprint density at radius 2 is 1.83 bits per heavy atom. The number of benzene rings is 2. The summed E-state index contributed by atoms with van der Waals surface area (Å²) in [6, 6.07) is 15.2. The summed E-state index contributed by atoms with van der Waals surface area (Å²) in [6.45, 7) is 3.99. The molecular formula is C20H20N2O2. The van der Waals surface area contributed by atoms with E-state index in [2.05, 4.69) is 10.3 Å². The fourth-order valence-electron chi connectivity index (χ4n) is 2.87. The maximum atomic E-state index is 12.8. The second kappa shape index (κ2) is 6.71. The molecule has 0 atom stereocenters. The molecule has 0 bridgehead atoms. The van der Waals surface area contributed by atoms with E-state index in [0.717, 1.165) is 33.6 Å². The molecule has 0 saturated heterocycles. The van der Waals surface area contributed by atoms with Crippen LogP contribution in [0.25, 0.3) is 10.9 Å². The van der Waals surface area contributed by atoms with Gasteiger partial charge in [-0.2, -0.15) is 0 Å². The van der Waals surface area contributed by atoms with Gasteiger partial charge in [-0.05, 0) is 49.2 Å². The zero-order valence-electron chi connectivity index (χ0n) is 14.1. The highest BCUT2D eigenvalue weighted by atomic mass is 16.5. The molecule has 0 fully saturated rings. The number of hydrogen-bond donors (Lipinski definition) is 1. The Bertz CT molecular complexity index is 886. The van der Waals surface area contributed by atoms with E-state index in [1.807, 2.05) is 62.4 Å². The number of amides is 1. The zero-order valence-corrected chi connectivity index (χ0v) is 14.1. The minimum absolute atomic E-state index is 0.132. The highest BCUT2D eigenvalue weighted by Crippen LogP contribution is 2.24. The van der Waals surface area contributed by atoms with E-state index < -0.39 is 0 Å². The molecule has 0 unspecified atom stereocenters. The topological polar surface area (TPSA) is 51.2 Å².